The molecule has 1 saturated heterocycles. The first-order chi connectivity index (χ1) is 16.2. The number of thioether (sulfide) groups is 1. The van der Waals surface area contributed by atoms with Gasteiger partial charge in [-0.15, -0.1) is 0 Å². The van der Waals surface area contributed by atoms with Crippen molar-refractivity contribution in [1.29, 1.82) is 0 Å². The van der Waals surface area contributed by atoms with Gasteiger partial charge in [0.25, 0.3) is 11.5 Å². The van der Waals surface area contributed by atoms with Gasteiger partial charge in [0, 0.05) is 24.0 Å². The summed E-state index contributed by atoms with van der Waals surface area (Å²) in [4.78, 5) is 31.1. The van der Waals surface area contributed by atoms with Crippen LogP contribution in [0.3, 0.4) is 0 Å². The summed E-state index contributed by atoms with van der Waals surface area (Å²) < 4.78 is 7.56. The number of nitrogens with zero attached hydrogens (tertiary/aromatic N) is 2. The second-order valence-corrected chi connectivity index (χ2v) is 9.85. The van der Waals surface area contributed by atoms with Crippen molar-refractivity contribution in [2.75, 3.05) is 6.61 Å². The summed E-state index contributed by atoms with van der Waals surface area (Å²) in [6.45, 7) is 1.25. The van der Waals surface area contributed by atoms with Crippen LogP contribution < -0.4 is 10.9 Å². The molecule has 1 N–H and O–H groups in total. The lowest BCUT2D eigenvalue weighted by Crippen LogP contribution is -2.32. The minimum absolute atomic E-state index is 0.0366. The van der Waals surface area contributed by atoms with Crippen molar-refractivity contribution >= 4 is 28.6 Å². The Morgan fingerprint density at radius 1 is 1.09 bits per heavy atom. The van der Waals surface area contributed by atoms with E-state index in [0.29, 0.717) is 33.9 Å². The van der Waals surface area contributed by atoms with E-state index in [1.165, 1.54) is 5.56 Å². The largest absolute Gasteiger partial charge is 0.376 e. The lowest BCUT2D eigenvalue weighted by Gasteiger charge is -2.17. The molecule has 3 aromatic rings. The van der Waals surface area contributed by atoms with Crippen LogP contribution in [-0.4, -0.2) is 34.2 Å². The summed E-state index contributed by atoms with van der Waals surface area (Å²) in [5, 5.41) is 4.33. The summed E-state index contributed by atoms with van der Waals surface area (Å²) in [6, 6.07) is 15.6. The van der Waals surface area contributed by atoms with Crippen molar-refractivity contribution in [2.45, 2.75) is 68.1 Å². The van der Waals surface area contributed by atoms with E-state index < -0.39 is 0 Å². The Hall–Kier alpha value is -2.64. The van der Waals surface area contributed by atoms with Crippen molar-refractivity contribution in [3.63, 3.8) is 0 Å². The third-order valence-corrected chi connectivity index (χ3v) is 7.54. The van der Waals surface area contributed by atoms with Gasteiger partial charge in [-0.2, -0.15) is 0 Å². The highest BCUT2D eigenvalue weighted by Crippen LogP contribution is 2.25. The highest BCUT2D eigenvalue weighted by molar-refractivity contribution is 7.98. The molecule has 7 heteroatoms. The molecule has 2 aliphatic rings. The summed E-state index contributed by atoms with van der Waals surface area (Å²) in [5.41, 5.74) is 2.22. The summed E-state index contributed by atoms with van der Waals surface area (Å²) in [7, 11) is 0. The molecule has 0 spiro atoms. The van der Waals surface area contributed by atoms with Crippen molar-refractivity contribution in [3.05, 3.63) is 70.0 Å². The van der Waals surface area contributed by atoms with E-state index in [1.54, 1.807) is 34.5 Å². The van der Waals surface area contributed by atoms with Crippen LogP contribution in [-0.2, 0) is 17.0 Å². The number of carbonyl (C=O) groups is 1. The van der Waals surface area contributed by atoms with Crippen LogP contribution in [0.15, 0.2) is 58.5 Å². The molecule has 0 radical (unpaired) electrons. The normalized spacial score (nSPS) is 18.7. The quantitative estimate of drug-likeness (QED) is 0.411. The monoisotopic (exact) mass is 463 g/mol. The van der Waals surface area contributed by atoms with E-state index >= 15 is 0 Å². The third-order valence-electron chi connectivity index (χ3n) is 6.49. The smallest absolute Gasteiger partial charge is 0.262 e. The number of amides is 1. The second kappa shape index (κ2) is 10.1. The first-order valence-electron chi connectivity index (χ1n) is 11.8. The summed E-state index contributed by atoms with van der Waals surface area (Å²) in [5.74, 6) is 0.624. The lowest BCUT2D eigenvalue weighted by atomic mass is 10.1. The van der Waals surface area contributed by atoms with Gasteiger partial charge in [0.05, 0.1) is 23.6 Å². The number of hydrogen-bond donors (Lipinski definition) is 1. The predicted molar refractivity (Wildman–Crippen MR) is 131 cm³/mol. The zero-order chi connectivity index (χ0) is 22.6. The summed E-state index contributed by atoms with van der Waals surface area (Å²) in [6.07, 6.45) is 6.40. The highest BCUT2D eigenvalue weighted by Gasteiger charge is 2.22. The maximum Gasteiger partial charge on any atom is 0.262 e. The number of ether oxygens (including phenoxy) is 1. The molecule has 1 aliphatic carbocycles. The molecule has 1 aromatic heterocycles. The van der Waals surface area contributed by atoms with E-state index in [4.69, 9.17) is 9.72 Å². The lowest BCUT2D eigenvalue weighted by molar-refractivity contribution is 0.0935. The number of carbonyl (C=O) groups excluding carboxylic acids is 1. The molecule has 1 atom stereocenters. The van der Waals surface area contributed by atoms with E-state index in [9.17, 15) is 9.59 Å². The molecular formula is C26H29N3O3S. The number of aromatic nitrogens is 2. The SMILES string of the molecule is O=C(NC1CCCC1)c1ccc2c(=O)n(C[C@H]3CCCO3)c(SCc3ccccc3)nc2c1. The van der Waals surface area contributed by atoms with Gasteiger partial charge in [0.2, 0.25) is 0 Å². The van der Waals surface area contributed by atoms with Crippen molar-refractivity contribution in [2.24, 2.45) is 0 Å². The molecule has 172 valence electrons. The van der Waals surface area contributed by atoms with Crippen LogP contribution in [0, 0.1) is 0 Å². The molecule has 0 unspecified atom stereocenters. The number of benzene rings is 2. The van der Waals surface area contributed by atoms with E-state index in [2.05, 4.69) is 17.4 Å². The molecule has 2 aromatic carbocycles. The average Bonchev–Trinajstić information content (AvgIpc) is 3.54. The topological polar surface area (TPSA) is 73.2 Å². The molecule has 1 saturated carbocycles. The average molecular weight is 464 g/mol. The van der Waals surface area contributed by atoms with Gasteiger partial charge in [0.15, 0.2) is 5.16 Å². The maximum absolute atomic E-state index is 13.5. The van der Waals surface area contributed by atoms with Crippen molar-refractivity contribution in [1.82, 2.24) is 14.9 Å². The molecule has 2 fully saturated rings. The summed E-state index contributed by atoms with van der Waals surface area (Å²) >= 11 is 1.55. The minimum Gasteiger partial charge on any atom is -0.376 e. The Balaban J connectivity index is 1.47. The predicted octanol–water partition coefficient (Wildman–Crippen LogP) is 4.54. The van der Waals surface area contributed by atoms with Gasteiger partial charge in [-0.1, -0.05) is 54.9 Å². The Kier molecular flexibility index (Phi) is 6.78. The fourth-order valence-corrected chi connectivity index (χ4v) is 5.63. The van der Waals surface area contributed by atoms with Crippen LogP contribution in [0.25, 0.3) is 10.9 Å². The molecule has 33 heavy (non-hydrogen) atoms. The number of rotatable bonds is 7. The number of hydrogen-bond acceptors (Lipinski definition) is 5. The molecular weight excluding hydrogens is 434 g/mol. The molecule has 5 rings (SSSR count). The Labute approximate surface area is 197 Å². The van der Waals surface area contributed by atoms with Gasteiger partial charge in [0.1, 0.15) is 0 Å². The molecule has 1 aliphatic heterocycles. The Morgan fingerprint density at radius 3 is 2.67 bits per heavy atom. The van der Waals surface area contributed by atoms with Gasteiger partial charge in [-0.3, -0.25) is 14.2 Å². The molecule has 6 nitrogen and oxygen atoms in total. The molecule has 2 heterocycles. The minimum atomic E-state index is -0.0902. The molecule has 0 bridgehead atoms. The van der Waals surface area contributed by atoms with Gasteiger partial charge >= 0.3 is 0 Å². The third kappa shape index (κ3) is 5.14. The van der Waals surface area contributed by atoms with E-state index in [1.807, 2.05) is 18.2 Å². The van der Waals surface area contributed by atoms with Crippen LogP contribution in [0.1, 0.15) is 54.4 Å². The Morgan fingerprint density at radius 2 is 1.91 bits per heavy atom. The second-order valence-electron chi connectivity index (χ2n) is 8.91. The zero-order valence-corrected chi connectivity index (χ0v) is 19.5. The number of nitrogens with one attached hydrogen (secondary N) is 1. The van der Waals surface area contributed by atoms with Gasteiger partial charge in [-0.25, -0.2) is 4.98 Å². The van der Waals surface area contributed by atoms with E-state index in [0.717, 1.165) is 45.1 Å². The first kappa shape index (κ1) is 22.2. The van der Waals surface area contributed by atoms with Crippen molar-refractivity contribution < 1.29 is 9.53 Å². The van der Waals surface area contributed by atoms with Crippen LogP contribution >= 0.6 is 11.8 Å². The van der Waals surface area contributed by atoms with Crippen LogP contribution in [0.2, 0.25) is 0 Å². The molecule has 1 amide bonds. The Bertz CT molecular complexity index is 1180. The fraction of sp³-hybridized carbons (Fsp3) is 0.423. The van der Waals surface area contributed by atoms with Gasteiger partial charge in [-0.05, 0) is 49.4 Å². The van der Waals surface area contributed by atoms with Crippen LogP contribution in [0.5, 0.6) is 0 Å². The zero-order valence-electron chi connectivity index (χ0n) is 18.7. The van der Waals surface area contributed by atoms with Gasteiger partial charge < -0.3 is 10.1 Å². The standard InChI is InChI=1S/C26H29N3O3S/c30-24(27-20-9-4-5-10-20)19-12-13-22-23(15-19)28-26(33-17-18-7-2-1-3-8-18)29(25(22)31)16-21-11-6-14-32-21/h1-3,7-8,12-13,15,20-21H,4-6,9-11,14,16-17H2,(H,27,30)/t21-/m1/s1. The highest BCUT2D eigenvalue weighted by atomic mass is 32.2. The van der Waals surface area contributed by atoms with E-state index in [-0.39, 0.29) is 23.6 Å². The van der Waals surface area contributed by atoms with Crippen molar-refractivity contribution in [3.8, 4) is 0 Å². The van der Waals surface area contributed by atoms with Crippen LogP contribution in [0.4, 0.5) is 0 Å². The number of fused-ring (bicyclic) bond motifs is 1. The first-order valence-corrected chi connectivity index (χ1v) is 12.8. The fourth-order valence-electron chi connectivity index (χ4n) is 4.67. The maximum atomic E-state index is 13.5.